The number of piperidine rings is 1. The number of anilines is 1. The molecule has 1 N–H and O–H groups in total. The number of halogens is 1. The van der Waals surface area contributed by atoms with Gasteiger partial charge in [-0.05, 0) is 84.9 Å². The van der Waals surface area contributed by atoms with E-state index < -0.39 is 23.5 Å². The van der Waals surface area contributed by atoms with Crippen LogP contribution in [0.25, 0.3) is 28.0 Å². The second-order valence-electron chi connectivity index (χ2n) is 13.7. The van der Waals surface area contributed by atoms with Crippen LogP contribution >= 0.6 is 0 Å². The molecule has 0 aliphatic carbocycles. The quantitative estimate of drug-likeness (QED) is 0.250. The fraction of sp³-hybridized carbons (Fsp3) is 0.472. The number of aryl methyl sites for hydroxylation is 1. The number of carbonyl (C=O) groups is 1. The highest BCUT2D eigenvalue weighted by Gasteiger charge is 2.38. The second-order valence-corrected chi connectivity index (χ2v) is 13.7. The molecule has 3 aliphatic rings. The highest BCUT2D eigenvalue weighted by molar-refractivity contribution is 5.80. The lowest BCUT2D eigenvalue weighted by Gasteiger charge is -2.41. The highest BCUT2D eigenvalue weighted by atomic mass is 19.1. The predicted molar refractivity (Wildman–Crippen MR) is 175 cm³/mol. The monoisotopic (exact) mass is 630 g/mol. The number of rotatable bonds is 3. The van der Waals surface area contributed by atoms with E-state index in [0.717, 1.165) is 30.4 Å². The lowest BCUT2D eigenvalue weighted by molar-refractivity contribution is -0.160. The lowest BCUT2D eigenvalue weighted by Crippen LogP contribution is -2.46. The van der Waals surface area contributed by atoms with Gasteiger partial charge in [-0.1, -0.05) is 30.3 Å². The van der Waals surface area contributed by atoms with E-state index >= 15 is 4.39 Å². The first-order valence-corrected chi connectivity index (χ1v) is 16.1. The van der Waals surface area contributed by atoms with Gasteiger partial charge in [0.1, 0.15) is 5.82 Å². The van der Waals surface area contributed by atoms with Crippen molar-refractivity contribution in [3.05, 3.63) is 65.6 Å². The molecule has 0 amide bonds. The normalized spacial score (nSPS) is 21.3. The Morgan fingerprint density at radius 1 is 1.13 bits per heavy atom. The van der Waals surface area contributed by atoms with Gasteiger partial charge < -0.3 is 24.2 Å². The SMILES string of the molecule is Cc1nc2cc3nn2c(c1[C@H](OC(C)(C)C)C(=O)O)N1CCC(C)(CC1)OCCC[C@H](C)Oc1c(F)cccc1-c1cccc-3c1. The zero-order chi connectivity index (χ0) is 32.8. The maximum absolute atomic E-state index is 15.2. The number of para-hydroxylation sites is 1. The number of carboxylic acids is 1. The van der Waals surface area contributed by atoms with Gasteiger partial charge in [0.05, 0.1) is 28.6 Å². The Labute approximate surface area is 269 Å². The molecule has 244 valence electrons. The number of ether oxygens (including phenoxy) is 3. The molecule has 4 aromatic rings. The summed E-state index contributed by atoms with van der Waals surface area (Å²) in [6.07, 6.45) is 1.52. The minimum Gasteiger partial charge on any atom is -0.487 e. The summed E-state index contributed by atoms with van der Waals surface area (Å²) in [4.78, 5) is 19.8. The topological polar surface area (TPSA) is 98.4 Å². The highest BCUT2D eigenvalue weighted by Crippen LogP contribution is 2.40. The molecule has 1 fully saturated rings. The van der Waals surface area contributed by atoms with Crippen LogP contribution < -0.4 is 9.64 Å². The average molecular weight is 631 g/mol. The predicted octanol–water partition coefficient (Wildman–Crippen LogP) is 7.39. The van der Waals surface area contributed by atoms with Crippen molar-refractivity contribution < 1.29 is 28.5 Å². The van der Waals surface area contributed by atoms with Crippen LogP contribution in [0.4, 0.5) is 10.2 Å². The van der Waals surface area contributed by atoms with Crippen LogP contribution in [-0.4, -0.2) is 62.7 Å². The molecule has 7 rings (SSSR count). The van der Waals surface area contributed by atoms with E-state index in [9.17, 15) is 9.90 Å². The van der Waals surface area contributed by atoms with Crippen molar-refractivity contribution in [3.63, 3.8) is 0 Å². The Balaban J connectivity index is 1.55. The molecule has 6 bridgehead atoms. The van der Waals surface area contributed by atoms with Gasteiger partial charge in [0.2, 0.25) is 0 Å². The summed E-state index contributed by atoms with van der Waals surface area (Å²) in [5, 5.41) is 15.5. The fourth-order valence-corrected chi connectivity index (χ4v) is 6.44. The van der Waals surface area contributed by atoms with Crippen LogP contribution in [0.15, 0.2) is 48.5 Å². The number of fused-ring (bicyclic) bond motifs is 7. The van der Waals surface area contributed by atoms with Crippen molar-refractivity contribution in [2.24, 2.45) is 0 Å². The van der Waals surface area contributed by atoms with Gasteiger partial charge >= 0.3 is 5.97 Å². The smallest absolute Gasteiger partial charge is 0.337 e. The molecule has 2 aromatic carbocycles. The summed E-state index contributed by atoms with van der Waals surface area (Å²) in [7, 11) is 0. The van der Waals surface area contributed by atoms with Gasteiger partial charge in [-0.25, -0.2) is 14.2 Å². The van der Waals surface area contributed by atoms with Gasteiger partial charge in [-0.3, -0.25) is 0 Å². The standard InChI is InChI=1S/C36H43FN4O5/c1-22-10-9-19-44-36(6)15-17-40(18-16-36)33-30(32(34(42)43)46-35(3,4)5)23(2)38-29-21-28(39-41(29)33)25-12-7-11-24(20-25)26-13-8-14-27(37)31(26)45-22/h7-8,11-14,20-22,32H,9-10,15-19H2,1-6H3,(H,42,43)/t22-,32-/m0/s1. The molecule has 46 heavy (non-hydrogen) atoms. The van der Waals surface area contributed by atoms with E-state index in [1.165, 1.54) is 6.07 Å². The first-order valence-electron chi connectivity index (χ1n) is 16.1. The van der Waals surface area contributed by atoms with E-state index in [0.29, 0.717) is 60.1 Å². The van der Waals surface area contributed by atoms with Gasteiger partial charge in [0.25, 0.3) is 0 Å². The first kappa shape index (κ1) is 31.9. The van der Waals surface area contributed by atoms with Gasteiger partial charge in [-0.2, -0.15) is 9.61 Å². The Hall–Kier alpha value is -4.02. The summed E-state index contributed by atoms with van der Waals surface area (Å²) < 4.78 is 35.8. The molecular weight excluding hydrogens is 587 g/mol. The summed E-state index contributed by atoms with van der Waals surface area (Å²) in [6, 6.07) is 14.6. The van der Waals surface area contributed by atoms with Crippen LogP contribution in [-0.2, 0) is 14.3 Å². The summed E-state index contributed by atoms with van der Waals surface area (Å²) >= 11 is 0. The Morgan fingerprint density at radius 2 is 1.85 bits per heavy atom. The average Bonchev–Trinajstić information content (AvgIpc) is 3.42. The molecule has 0 unspecified atom stereocenters. The van der Waals surface area contributed by atoms with Crippen molar-refractivity contribution >= 4 is 17.4 Å². The van der Waals surface area contributed by atoms with Crippen LogP contribution in [0.3, 0.4) is 0 Å². The Bertz CT molecular complexity index is 1760. The van der Waals surface area contributed by atoms with Crippen LogP contribution in [0.1, 0.15) is 77.7 Å². The molecule has 0 radical (unpaired) electrons. The molecule has 0 saturated carbocycles. The van der Waals surface area contributed by atoms with E-state index in [1.807, 2.05) is 71.0 Å². The minimum absolute atomic E-state index is 0.208. The van der Waals surface area contributed by atoms with E-state index in [1.54, 1.807) is 10.6 Å². The summed E-state index contributed by atoms with van der Waals surface area (Å²) in [6.45, 7) is 13.3. The van der Waals surface area contributed by atoms with Gasteiger partial charge in [-0.15, -0.1) is 0 Å². The van der Waals surface area contributed by atoms with Crippen molar-refractivity contribution in [2.75, 3.05) is 24.6 Å². The number of aromatic nitrogens is 3. The minimum atomic E-state index is -1.25. The molecule has 2 aromatic heterocycles. The third-order valence-corrected chi connectivity index (χ3v) is 8.84. The molecule has 2 atom stereocenters. The van der Waals surface area contributed by atoms with Crippen LogP contribution in [0, 0.1) is 12.7 Å². The van der Waals surface area contributed by atoms with Crippen molar-refractivity contribution in [1.82, 2.24) is 14.6 Å². The zero-order valence-electron chi connectivity index (χ0n) is 27.5. The number of carboxylic acid groups (broad SMARTS) is 1. The van der Waals surface area contributed by atoms with Crippen LogP contribution in [0.2, 0.25) is 0 Å². The van der Waals surface area contributed by atoms with E-state index in [-0.39, 0.29) is 17.5 Å². The lowest BCUT2D eigenvalue weighted by atomic mass is 9.92. The number of hydrogen-bond donors (Lipinski definition) is 1. The molecular formula is C36H43FN4O5. The third-order valence-electron chi connectivity index (χ3n) is 8.84. The fourth-order valence-electron chi connectivity index (χ4n) is 6.44. The van der Waals surface area contributed by atoms with Gasteiger partial charge in [0, 0.05) is 42.6 Å². The second kappa shape index (κ2) is 12.3. The van der Waals surface area contributed by atoms with Crippen molar-refractivity contribution in [2.45, 2.75) is 90.6 Å². The van der Waals surface area contributed by atoms with E-state index in [2.05, 4.69) is 11.8 Å². The molecule has 10 heteroatoms. The first-order chi connectivity index (χ1) is 21.8. The third kappa shape index (κ3) is 6.46. The number of aliphatic carboxylic acids is 1. The van der Waals surface area contributed by atoms with Crippen molar-refractivity contribution in [3.8, 4) is 28.1 Å². The molecule has 9 nitrogen and oxygen atoms in total. The molecule has 1 saturated heterocycles. The van der Waals surface area contributed by atoms with Crippen LogP contribution in [0.5, 0.6) is 5.75 Å². The zero-order valence-corrected chi connectivity index (χ0v) is 27.5. The van der Waals surface area contributed by atoms with E-state index in [4.69, 9.17) is 24.3 Å². The maximum Gasteiger partial charge on any atom is 0.337 e. The Kier molecular flexibility index (Phi) is 8.54. The largest absolute Gasteiger partial charge is 0.487 e. The maximum atomic E-state index is 15.2. The number of benzene rings is 2. The number of hydrogen-bond acceptors (Lipinski definition) is 7. The summed E-state index contributed by atoms with van der Waals surface area (Å²) in [5.41, 5.74) is 3.52. The Morgan fingerprint density at radius 3 is 2.57 bits per heavy atom. The van der Waals surface area contributed by atoms with Crippen molar-refractivity contribution in [1.29, 1.82) is 0 Å². The van der Waals surface area contributed by atoms with Gasteiger partial charge in [0.15, 0.2) is 23.3 Å². The molecule has 5 heterocycles. The summed E-state index contributed by atoms with van der Waals surface area (Å²) in [5.74, 6) is -0.609. The molecule has 0 spiro atoms. The molecule has 3 aliphatic heterocycles. The number of nitrogens with zero attached hydrogens (tertiary/aromatic N) is 4.